The van der Waals surface area contributed by atoms with Crippen LogP contribution in [0.4, 0.5) is 0 Å². The summed E-state index contributed by atoms with van der Waals surface area (Å²) in [6, 6.07) is 12.5. The van der Waals surface area contributed by atoms with Crippen LogP contribution in [-0.4, -0.2) is 21.8 Å². The van der Waals surface area contributed by atoms with E-state index in [1.807, 2.05) is 12.1 Å². The maximum Gasteiger partial charge on any atom is 0.155 e. The average molecular weight is 648 g/mol. The van der Waals surface area contributed by atoms with Gasteiger partial charge in [0, 0.05) is 45.1 Å². The van der Waals surface area contributed by atoms with Gasteiger partial charge in [-0.15, -0.1) is 0 Å². The average Bonchev–Trinajstić information content (AvgIpc) is 2.82. The minimum Gasteiger partial charge on any atom is -0.512 e. The number of ether oxygens (including phenoxy) is 1. The van der Waals surface area contributed by atoms with E-state index >= 15 is 0 Å². The van der Waals surface area contributed by atoms with E-state index in [1.54, 1.807) is 0 Å². The molecule has 7 heteroatoms. The van der Waals surface area contributed by atoms with Gasteiger partial charge in [-0.25, -0.2) is 0 Å². The molecule has 1 aliphatic rings. The molecule has 3 rings (SSSR count). The number of fused-ring (bicyclic) bond motifs is 3. The van der Waals surface area contributed by atoms with Gasteiger partial charge in [0.25, 0.3) is 0 Å². The number of aliphatic hydroxyl groups is 2. The predicted molar refractivity (Wildman–Crippen MR) is 159 cm³/mol. The molecule has 0 atom stereocenters. The molecule has 0 spiro atoms. The summed E-state index contributed by atoms with van der Waals surface area (Å²) in [5.74, 6) is 0.842. The number of carbonyl (C=O) groups is 2. The number of halogens is 2. The summed E-state index contributed by atoms with van der Waals surface area (Å²) >= 11 is 7.26. The quantitative estimate of drug-likeness (QED) is 0.121. The molecule has 2 N–H and O–H groups in total. The highest BCUT2D eigenvalue weighted by Gasteiger charge is 2.40. The van der Waals surface area contributed by atoms with Gasteiger partial charge >= 0.3 is 0 Å². The Balaban J connectivity index is 1.79. The van der Waals surface area contributed by atoms with Crippen molar-refractivity contribution < 1.29 is 24.5 Å². The van der Waals surface area contributed by atoms with Crippen LogP contribution in [0.15, 0.2) is 69.0 Å². The van der Waals surface area contributed by atoms with E-state index in [2.05, 4.69) is 56.1 Å². The highest BCUT2D eigenvalue weighted by atomic mass is 79.9. The molecule has 0 aromatic heterocycles. The van der Waals surface area contributed by atoms with Crippen LogP contribution in [0.2, 0.25) is 0 Å². The van der Waals surface area contributed by atoms with Crippen LogP contribution in [0.1, 0.15) is 83.6 Å². The van der Waals surface area contributed by atoms with Gasteiger partial charge in [-0.1, -0.05) is 50.8 Å². The normalized spacial score (nSPS) is 16.9. The second kappa shape index (κ2) is 14.1. The lowest BCUT2D eigenvalue weighted by molar-refractivity contribution is -0.113. The first-order chi connectivity index (χ1) is 18.1. The largest absolute Gasteiger partial charge is 0.512 e. The Morgan fingerprint density at radius 1 is 0.763 bits per heavy atom. The van der Waals surface area contributed by atoms with Crippen LogP contribution in [-0.2, 0) is 15.2 Å². The molecule has 0 saturated carbocycles. The van der Waals surface area contributed by atoms with Gasteiger partial charge in [0.15, 0.2) is 11.6 Å². The number of unbranched alkanes of at least 4 members (excludes halogenated alkanes) is 4. The third kappa shape index (κ3) is 8.57. The van der Waals surface area contributed by atoms with E-state index in [-0.39, 0.29) is 23.1 Å². The fraction of sp³-hybridized carbons (Fsp3) is 0.419. The van der Waals surface area contributed by atoms with E-state index in [0.717, 1.165) is 71.6 Å². The number of carbonyl (C=O) groups excluding carboxylic acids is 2. The monoisotopic (exact) mass is 646 g/mol. The molecule has 1 heterocycles. The summed E-state index contributed by atoms with van der Waals surface area (Å²) in [5, 5.41) is 19.9. The van der Waals surface area contributed by atoms with E-state index in [4.69, 9.17) is 4.74 Å². The number of benzene rings is 2. The summed E-state index contributed by atoms with van der Waals surface area (Å²) in [6.07, 6.45) is 10.4. The lowest BCUT2D eigenvalue weighted by atomic mass is 9.77. The molecule has 0 amide bonds. The van der Waals surface area contributed by atoms with E-state index in [9.17, 15) is 19.8 Å². The molecule has 38 heavy (non-hydrogen) atoms. The molecule has 204 valence electrons. The molecule has 0 unspecified atom stereocenters. The van der Waals surface area contributed by atoms with Gasteiger partial charge in [-0.05, 0) is 88.3 Å². The van der Waals surface area contributed by atoms with Crippen molar-refractivity contribution in [2.24, 2.45) is 0 Å². The van der Waals surface area contributed by atoms with Gasteiger partial charge in [-0.3, -0.25) is 9.59 Å². The van der Waals surface area contributed by atoms with Gasteiger partial charge in [-0.2, -0.15) is 0 Å². The maximum atomic E-state index is 11.2. The highest BCUT2D eigenvalue weighted by molar-refractivity contribution is 9.10. The van der Waals surface area contributed by atoms with Crippen molar-refractivity contribution in [3.05, 3.63) is 74.6 Å². The molecule has 0 fully saturated rings. The summed E-state index contributed by atoms with van der Waals surface area (Å²) in [7, 11) is 0. The first-order valence-electron chi connectivity index (χ1n) is 13.2. The first-order valence-corrected chi connectivity index (χ1v) is 14.8. The zero-order chi connectivity index (χ0) is 27.7. The number of hydrogen-bond donors (Lipinski definition) is 2. The summed E-state index contributed by atoms with van der Waals surface area (Å²) in [5.41, 5.74) is 2.90. The second-order valence-corrected chi connectivity index (χ2v) is 11.9. The standard InChI is InChI=1S/C31H36Br2O5/c1-21(34)17-25(36)9-5-3-7-15-31(16-8-4-6-10-26(37)18-22(2)35)29-19-23(32)11-13-27(29)28-14-12-24(33)20-30(28)38-31/h11-14,17-20,36-37H,3-10,15-16H2,1-2H3. The predicted octanol–water partition coefficient (Wildman–Crippen LogP) is 9.43. The lowest BCUT2D eigenvalue weighted by Gasteiger charge is -2.41. The van der Waals surface area contributed by atoms with Crippen molar-refractivity contribution >= 4 is 43.4 Å². The molecule has 0 radical (unpaired) electrons. The Kier molecular flexibility index (Phi) is 11.2. The van der Waals surface area contributed by atoms with Gasteiger partial charge in [0.2, 0.25) is 0 Å². The summed E-state index contributed by atoms with van der Waals surface area (Å²) in [6.45, 7) is 2.88. The Morgan fingerprint density at radius 2 is 1.26 bits per heavy atom. The highest BCUT2D eigenvalue weighted by Crippen LogP contribution is 2.51. The summed E-state index contributed by atoms with van der Waals surface area (Å²) in [4.78, 5) is 22.4. The molecule has 0 saturated heterocycles. The van der Waals surface area contributed by atoms with Crippen molar-refractivity contribution in [3.63, 3.8) is 0 Å². The molecule has 0 aliphatic carbocycles. The summed E-state index contributed by atoms with van der Waals surface area (Å²) < 4.78 is 8.85. The van der Waals surface area contributed by atoms with Gasteiger partial charge in [0.1, 0.15) is 11.4 Å². The fourth-order valence-corrected chi connectivity index (χ4v) is 5.79. The first kappa shape index (κ1) is 30.2. The van der Waals surface area contributed by atoms with Crippen molar-refractivity contribution in [1.29, 1.82) is 0 Å². The number of aliphatic hydroxyl groups excluding tert-OH is 2. The third-order valence-corrected chi connectivity index (χ3v) is 7.76. The number of rotatable bonds is 14. The SMILES string of the molecule is CC(=O)C=C(O)CCCCCC1(CCCCCC(O)=CC(C)=O)Oc2cc(Br)ccc2-c2ccc(Br)cc21. The molecule has 2 aromatic rings. The van der Waals surface area contributed by atoms with Crippen molar-refractivity contribution in [2.75, 3.05) is 0 Å². The number of ketones is 2. The molecule has 5 nitrogen and oxygen atoms in total. The molecular formula is C31H36Br2O5. The molecule has 2 aromatic carbocycles. The van der Waals surface area contributed by atoms with Crippen LogP contribution < -0.4 is 4.74 Å². The van der Waals surface area contributed by atoms with Crippen LogP contribution in [0.25, 0.3) is 11.1 Å². The Hall–Kier alpha value is -2.38. The zero-order valence-electron chi connectivity index (χ0n) is 22.1. The lowest BCUT2D eigenvalue weighted by Crippen LogP contribution is -2.36. The zero-order valence-corrected chi connectivity index (χ0v) is 25.2. The Bertz CT molecular complexity index is 1170. The topological polar surface area (TPSA) is 83.8 Å². The number of hydrogen-bond acceptors (Lipinski definition) is 5. The fourth-order valence-electron chi connectivity index (χ4n) is 5.09. The van der Waals surface area contributed by atoms with E-state index in [0.29, 0.717) is 12.8 Å². The molecule has 0 bridgehead atoms. The Morgan fingerprint density at radius 3 is 1.79 bits per heavy atom. The van der Waals surface area contributed by atoms with Gasteiger partial charge < -0.3 is 14.9 Å². The molecule has 1 aliphatic heterocycles. The number of allylic oxidation sites excluding steroid dienone is 4. The van der Waals surface area contributed by atoms with E-state index in [1.165, 1.54) is 37.1 Å². The van der Waals surface area contributed by atoms with Crippen LogP contribution in [0.3, 0.4) is 0 Å². The van der Waals surface area contributed by atoms with E-state index < -0.39 is 5.60 Å². The van der Waals surface area contributed by atoms with Crippen LogP contribution in [0.5, 0.6) is 5.75 Å². The van der Waals surface area contributed by atoms with Crippen molar-refractivity contribution in [1.82, 2.24) is 0 Å². The van der Waals surface area contributed by atoms with Crippen molar-refractivity contribution in [2.45, 2.75) is 83.7 Å². The second-order valence-electron chi connectivity index (χ2n) is 10.0. The van der Waals surface area contributed by atoms with Crippen LogP contribution in [0, 0.1) is 0 Å². The minimum atomic E-state index is -0.512. The minimum absolute atomic E-state index is 0.135. The smallest absolute Gasteiger partial charge is 0.155 e. The van der Waals surface area contributed by atoms with Gasteiger partial charge in [0.05, 0.1) is 11.5 Å². The van der Waals surface area contributed by atoms with Crippen LogP contribution >= 0.6 is 31.9 Å². The molecular weight excluding hydrogens is 612 g/mol. The third-order valence-electron chi connectivity index (χ3n) is 6.78. The van der Waals surface area contributed by atoms with Crippen molar-refractivity contribution in [3.8, 4) is 16.9 Å². The Labute approximate surface area is 242 Å². The maximum absolute atomic E-state index is 11.2.